The number of carbonyl (C=O) groups excluding carboxylic acids is 1. The Balaban J connectivity index is 0.00000192. The van der Waals surface area contributed by atoms with E-state index in [4.69, 9.17) is 11.0 Å². The van der Waals surface area contributed by atoms with E-state index in [1.165, 1.54) is 0 Å². The maximum absolute atomic E-state index is 12.6. The van der Waals surface area contributed by atoms with Gasteiger partial charge in [0.1, 0.15) is 5.82 Å². The molecule has 0 spiro atoms. The first kappa shape index (κ1) is 17.5. The van der Waals surface area contributed by atoms with Crippen LogP contribution in [0, 0.1) is 11.3 Å². The SMILES string of the molecule is Cl.N#Cc1ccnc(N2CCN(C(=O)C3(N)CCCC3)CC2)c1. The first-order chi connectivity index (χ1) is 10.6. The summed E-state index contributed by atoms with van der Waals surface area (Å²) in [7, 11) is 0. The van der Waals surface area contributed by atoms with Crippen LogP contribution in [0.3, 0.4) is 0 Å². The Morgan fingerprint density at radius 2 is 1.91 bits per heavy atom. The number of anilines is 1. The highest BCUT2D eigenvalue weighted by molar-refractivity contribution is 5.86. The molecule has 1 aliphatic carbocycles. The molecule has 2 heterocycles. The summed E-state index contributed by atoms with van der Waals surface area (Å²) in [6, 6.07) is 5.61. The third-order valence-corrected chi connectivity index (χ3v) is 4.69. The zero-order valence-electron chi connectivity index (χ0n) is 13.1. The van der Waals surface area contributed by atoms with Gasteiger partial charge in [0.25, 0.3) is 0 Å². The molecule has 3 rings (SSSR count). The fraction of sp³-hybridized carbons (Fsp3) is 0.562. The standard InChI is InChI=1S/C16H21N5O.ClH/c17-12-13-3-6-19-14(11-13)20-7-9-21(10-8-20)15(22)16(18)4-1-2-5-16;/h3,6,11H,1-2,4-5,7-10,18H2;1H. The average Bonchev–Trinajstić information content (AvgIpc) is 3.02. The summed E-state index contributed by atoms with van der Waals surface area (Å²) >= 11 is 0. The quantitative estimate of drug-likeness (QED) is 0.880. The first-order valence-corrected chi connectivity index (χ1v) is 7.82. The van der Waals surface area contributed by atoms with E-state index < -0.39 is 5.54 Å². The number of aromatic nitrogens is 1. The third-order valence-electron chi connectivity index (χ3n) is 4.69. The van der Waals surface area contributed by atoms with Gasteiger partial charge in [-0.05, 0) is 25.0 Å². The van der Waals surface area contributed by atoms with Gasteiger partial charge in [-0.1, -0.05) is 12.8 Å². The van der Waals surface area contributed by atoms with Gasteiger partial charge in [0.15, 0.2) is 0 Å². The number of carbonyl (C=O) groups is 1. The zero-order chi connectivity index (χ0) is 15.6. The van der Waals surface area contributed by atoms with Crippen molar-refractivity contribution in [2.24, 2.45) is 5.73 Å². The van der Waals surface area contributed by atoms with Gasteiger partial charge in [-0.15, -0.1) is 12.4 Å². The van der Waals surface area contributed by atoms with Gasteiger partial charge in [0, 0.05) is 32.4 Å². The van der Waals surface area contributed by atoms with E-state index in [-0.39, 0.29) is 18.3 Å². The molecule has 0 atom stereocenters. The van der Waals surface area contributed by atoms with Crippen molar-refractivity contribution in [3.05, 3.63) is 23.9 Å². The number of nitrogens with zero attached hydrogens (tertiary/aromatic N) is 4. The van der Waals surface area contributed by atoms with Crippen LogP contribution >= 0.6 is 12.4 Å². The Bertz CT molecular complexity index is 601. The summed E-state index contributed by atoms with van der Waals surface area (Å²) < 4.78 is 0. The lowest BCUT2D eigenvalue weighted by atomic mass is 9.97. The van der Waals surface area contributed by atoms with Crippen LogP contribution in [0.5, 0.6) is 0 Å². The summed E-state index contributed by atoms with van der Waals surface area (Å²) in [6.07, 6.45) is 5.36. The van der Waals surface area contributed by atoms with E-state index in [2.05, 4.69) is 16.0 Å². The second kappa shape index (κ2) is 7.16. The van der Waals surface area contributed by atoms with E-state index in [1.54, 1.807) is 18.3 Å². The number of amides is 1. The third kappa shape index (κ3) is 3.57. The van der Waals surface area contributed by atoms with Gasteiger partial charge in [-0.25, -0.2) is 4.98 Å². The second-order valence-electron chi connectivity index (χ2n) is 6.16. The maximum atomic E-state index is 12.6. The van der Waals surface area contributed by atoms with Gasteiger partial charge in [-0.3, -0.25) is 4.79 Å². The maximum Gasteiger partial charge on any atom is 0.242 e. The average molecular weight is 336 g/mol. The van der Waals surface area contributed by atoms with E-state index in [1.807, 2.05) is 4.90 Å². The molecule has 1 aromatic heterocycles. The predicted molar refractivity (Wildman–Crippen MR) is 90.4 cm³/mol. The predicted octanol–water partition coefficient (Wildman–Crippen LogP) is 1.30. The van der Waals surface area contributed by atoms with E-state index >= 15 is 0 Å². The summed E-state index contributed by atoms with van der Waals surface area (Å²) in [5.41, 5.74) is 6.23. The number of nitrogens with two attached hydrogens (primary N) is 1. The van der Waals surface area contributed by atoms with Crippen LogP contribution in [0.1, 0.15) is 31.2 Å². The molecule has 23 heavy (non-hydrogen) atoms. The molecule has 0 radical (unpaired) electrons. The summed E-state index contributed by atoms with van der Waals surface area (Å²) in [6.45, 7) is 2.78. The highest BCUT2D eigenvalue weighted by Crippen LogP contribution is 2.29. The summed E-state index contributed by atoms with van der Waals surface area (Å²) in [4.78, 5) is 20.9. The highest BCUT2D eigenvalue weighted by atomic mass is 35.5. The lowest BCUT2D eigenvalue weighted by molar-refractivity contribution is -0.137. The Labute approximate surface area is 142 Å². The molecule has 1 saturated carbocycles. The molecular formula is C16H22ClN5O. The van der Waals surface area contributed by atoms with Crippen molar-refractivity contribution in [2.45, 2.75) is 31.2 Å². The lowest BCUT2D eigenvalue weighted by Crippen LogP contribution is -2.58. The second-order valence-corrected chi connectivity index (χ2v) is 6.16. The molecule has 2 fully saturated rings. The molecule has 1 aromatic rings. The number of rotatable bonds is 2. The smallest absolute Gasteiger partial charge is 0.242 e. The topological polar surface area (TPSA) is 86.2 Å². The highest BCUT2D eigenvalue weighted by Gasteiger charge is 2.40. The molecule has 2 N–H and O–H groups in total. The Morgan fingerprint density at radius 3 is 2.52 bits per heavy atom. The van der Waals surface area contributed by atoms with E-state index in [0.717, 1.165) is 44.6 Å². The molecule has 124 valence electrons. The first-order valence-electron chi connectivity index (χ1n) is 7.82. The zero-order valence-corrected chi connectivity index (χ0v) is 13.9. The number of nitriles is 1. The molecule has 7 heteroatoms. The summed E-state index contributed by atoms with van der Waals surface area (Å²) in [5, 5.41) is 8.96. The minimum Gasteiger partial charge on any atom is -0.353 e. The number of hydrogen-bond donors (Lipinski definition) is 1. The Morgan fingerprint density at radius 1 is 1.26 bits per heavy atom. The minimum absolute atomic E-state index is 0. The number of pyridine rings is 1. The van der Waals surface area contributed by atoms with Crippen LogP contribution in [-0.4, -0.2) is 47.5 Å². The van der Waals surface area contributed by atoms with Gasteiger partial charge < -0.3 is 15.5 Å². The van der Waals surface area contributed by atoms with Crippen molar-refractivity contribution in [3.8, 4) is 6.07 Å². The van der Waals surface area contributed by atoms with Crippen molar-refractivity contribution in [1.82, 2.24) is 9.88 Å². The Hall–Kier alpha value is -1.84. The van der Waals surface area contributed by atoms with Crippen LogP contribution in [-0.2, 0) is 4.79 Å². The number of piperazine rings is 1. The van der Waals surface area contributed by atoms with Crippen LogP contribution in [0.25, 0.3) is 0 Å². The fourth-order valence-corrected chi connectivity index (χ4v) is 3.33. The van der Waals surface area contributed by atoms with E-state index in [9.17, 15) is 4.79 Å². The molecule has 1 aliphatic heterocycles. The van der Waals surface area contributed by atoms with Crippen molar-refractivity contribution in [2.75, 3.05) is 31.1 Å². The monoisotopic (exact) mass is 335 g/mol. The Kier molecular flexibility index (Phi) is 5.45. The van der Waals surface area contributed by atoms with Crippen LogP contribution in [0.4, 0.5) is 5.82 Å². The van der Waals surface area contributed by atoms with Gasteiger partial charge >= 0.3 is 0 Å². The largest absolute Gasteiger partial charge is 0.353 e. The number of halogens is 1. The van der Waals surface area contributed by atoms with Crippen LogP contribution in [0.2, 0.25) is 0 Å². The molecule has 2 aliphatic rings. The van der Waals surface area contributed by atoms with Crippen LogP contribution < -0.4 is 10.6 Å². The molecule has 1 amide bonds. The molecule has 6 nitrogen and oxygen atoms in total. The van der Waals surface area contributed by atoms with Gasteiger partial charge in [-0.2, -0.15) is 5.26 Å². The van der Waals surface area contributed by atoms with Crippen molar-refractivity contribution >= 4 is 24.1 Å². The van der Waals surface area contributed by atoms with Crippen molar-refractivity contribution in [3.63, 3.8) is 0 Å². The number of hydrogen-bond acceptors (Lipinski definition) is 5. The normalized spacial score (nSPS) is 19.8. The van der Waals surface area contributed by atoms with Crippen molar-refractivity contribution < 1.29 is 4.79 Å². The van der Waals surface area contributed by atoms with Gasteiger partial charge in [0.2, 0.25) is 5.91 Å². The molecule has 0 bridgehead atoms. The van der Waals surface area contributed by atoms with Crippen LogP contribution in [0.15, 0.2) is 18.3 Å². The fourth-order valence-electron chi connectivity index (χ4n) is 3.33. The molecule has 0 unspecified atom stereocenters. The summed E-state index contributed by atoms with van der Waals surface area (Å²) in [5.74, 6) is 0.901. The minimum atomic E-state index is -0.638. The van der Waals surface area contributed by atoms with Crippen molar-refractivity contribution in [1.29, 1.82) is 5.26 Å². The lowest BCUT2D eigenvalue weighted by Gasteiger charge is -2.38. The van der Waals surface area contributed by atoms with Gasteiger partial charge in [0.05, 0.1) is 17.2 Å². The molecule has 1 saturated heterocycles. The molecule has 0 aromatic carbocycles. The van der Waals surface area contributed by atoms with E-state index in [0.29, 0.717) is 18.7 Å². The molecular weight excluding hydrogens is 314 g/mol.